The van der Waals surface area contributed by atoms with Crippen molar-refractivity contribution in [2.24, 2.45) is 4.99 Å². The van der Waals surface area contributed by atoms with E-state index in [-0.39, 0.29) is 29.8 Å². The Morgan fingerprint density at radius 2 is 2.00 bits per heavy atom. The topological polar surface area (TPSA) is 52.1 Å². The number of aliphatic imine (C=N–C) groups is 1. The van der Waals surface area contributed by atoms with Gasteiger partial charge in [-0.1, -0.05) is 12.1 Å². The highest BCUT2D eigenvalue weighted by Crippen LogP contribution is 2.20. The summed E-state index contributed by atoms with van der Waals surface area (Å²) < 4.78 is 19.5. The first kappa shape index (κ1) is 23.2. The van der Waals surface area contributed by atoms with Crippen molar-refractivity contribution in [1.29, 1.82) is 0 Å². The average Bonchev–Trinajstić information content (AvgIpc) is 3.22. The molecule has 2 aliphatic heterocycles. The smallest absolute Gasteiger partial charge is 0.191 e. The van der Waals surface area contributed by atoms with Crippen LogP contribution in [0.2, 0.25) is 0 Å². The molecule has 8 heteroatoms. The first-order valence-corrected chi connectivity index (χ1v) is 10.0. The van der Waals surface area contributed by atoms with Crippen LogP contribution >= 0.6 is 24.0 Å². The third-order valence-corrected chi connectivity index (χ3v) is 5.25. The van der Waals surface area contributed by atoms with Gasteiger partial charge in [0.15, 0.2) is 5.96 Å². The molecular formula is C20H33FIN5O. The van der Waals surface area contributed by atoms with Crippen LogP contribution in [0.25, 0.3) is 0 Å². The van der Waals surface area contributed by atoms with Crippen LogP contribution in [-0.4, -0.2) is 76.4 Å². The molecule has 2 heterocycles. The molecule has 0 aromatic heterocycles. The standard InChI is InChI=1S/C20H32FN5O.HI/c1-22-20(24-16-17-6-4-15-27-17)23-9-5-10-25-11-13-26(14-12-25)19-8-3-2-7-18(19)21;/h2-3,7-8,17H,4-6,9-16H2,1H3,(H2,22,23,24);1H. The maximum absolute atomic E-state index is 13.9. The Morgan fingerprint density at radius 3 is 2.68 bits per heavy atom. The molecule has 0 aliphatic carbocycles. The third-order valence-electron chi connectivity index (χ3n) is 5.25. The van der Waals surface area contributed by atoms with E-state index in [0.29, 0.717) is 6.10 Å². The molecule has 1 atom stereocenters. The Bertz CT molecular complexity index is 604. The molecule has 0 bridgehead atoms. The Hall–Kier alpha value is -1.13. The summed E-state index contributed by atoms with van der Waals surface area (Å²) in [6.45, 7) is 7.32. The first-order chi connectivity index (χ1) is 13.3. The van der Waals surface area contributed by atoms with E-state index in [1.54, 1.807) is 13.1 Å². The number of para-hydroxylation sites is 1. The monoisotopic (exact) mass is 505 g/mol. The number of anilines is 1. The highest BCUT2D eigenvalue weighted by molar-refractivity contribution is 14.0. The van der Waals surface area contributed by atoms with Crippen molar-refractivity contribution >= 4 is 35.6 Å². The van der Waals surface area contributed by atoms with Crippen LogP contribution < -0.4 is 15.5 Å². The van der Waals surface area contributed by atoms with E-state index >= 15 is 0 Å². The van der Waals surface area contributed by atoms with Gasteiger partial charge in [0.05, 0.1) is 11.8 Å². The van der Waals surface area contributed by atoms with Gasteiger partial charge in [0.25, 0.3) is 0 Å². The van der Waals surface area contributed by atoms with Crippen LogP contribution in [0.5, 0.6) is 0 Å². The summed E-state index contributed by atoms with van der Waals surface area (Å²) in [5.74, 6) is 0.715. The zero-order valence-electron chi connectivity index (χ0n) is 16.7. The molecule has 158 valence electrons. The van der Waals surface area contributed by atoms with E-state index in [0.717, 1.165) is 83.3 Å². The van der Waals surface area contributed by atoms with E-state index in [2.05, 4.69) is 25.4 Å². The van der Waals surface area contributed by atoms with Crippen molar-refractivity contribution in [3.8, 4) is 0 Å². The van der Waals surface area contributed by atoms with Crippen LogP contribution in [-0.2, 0) is 4.74 Å². The molecule has 2 N–H and O–H groups in total. The average molecular weight is 505 g/mol. The first-order valence-electron chi connectivity index (χ1n) is 10.0. The van der Waals surface area contributed by atoms with Gasteiger partial charge in [-0.2, -0.15) is 0 Å². The van der Waals surface area contributed by atoms with Gasteiger partial charge in [-0.25, -0.2) is 4.39 Å². The molecule has 0 radical (unpaired) electrons. The fraction of sp³-hybridized carbons (Fsp3) is 0.650. The van der Waals surface area contributed by atoms with Crippen LogP contribution in [0.3, 0.4) is 0 Å². The molecular weight excluding hydrogens is 472 g/mol. The summed E-state index contributed by atoms with van der Waals surface area (Å²) in [5.41, 5.74) is 0.722. The number of guanidine groups is 1. The minimum atomic E-state index is -0.128. The number of hydrogen-bond acceptors (Lipinski definition) is 4. The predicted molar refractivity (Wildman–Crippen MR) is 123 cm³/mol. The SMILES string of the molecule is CN=C(NCCCN1CCN(c2ccccc2F)CC1)NCC1CCCO1.I. The van der Waals surface area contributed by atoms with Gasteiger partial charge >= 0.3 is 0 Å². The molecule has 1 unspecified atom stereocenters. The number of rotatable bonds is 7. The number of nitrogens with zero attached hydrogens (tertiary/aromatic N) is 3. The zero-order valence-corrected chi connectivity index (χ0v) is 19.0. The molecule has 2 saturated heterocycles. The van der Waals surface area contributed by atoms with E-state index in [4.69, 9.17) is 4.74 Å². The molecule has 1 aromatic carbocycles. The highest BCUT2D eigenvalue weighted by Gasteiger charge is 2.19. The van der Waals surface area contributed by atoms with E-state index in [9.17, 15) is 4.39 Å². The Morgan fingerprint density at radius 1 is 1.21 bits per heavy atom. The molecule has 6 nitrogen and oxygen atoms in total. The Kier molecular flexibility index (Phi) is 10.3. The number of ether oxygens (including phenoxy) is 1. The Labute approximate surface area is 184 Å². The number of hydrogen-bond donors (Lipinski definition) is 2. The van der Waals surface area contributed by atoms with Gasteiger partial charge in [0.1, 0.15) is 5.82 Å². The number of benzene rings is 1. The summed E-state index contributed by atoms with van der Waals surface area (Å²) >= 11 is 0. The summed E-state index contributed by atoms with van der Waals surface area (Å²) in [6.07, 6.45) is 3.65. The summed E-state index contributed by atoms with van der Waals surface area (Å²) in [5, 5.41) is 6.71. The molecule has 2 fully saturated rings. The van der Waals surface area contributed by atoms with Gasteiger partial charge in [-0.05, 0) is 37.9 Å². The summed E-state index contributed by atoms with van der Waals surface area (Å²) in [4.78, 5) is 8.85. The highest BCUT2D eigenvalue weighted by atomic mass is 127. The van der Waals surface area contributed by atoms with Crippen LogP contribution in [0, 0.1) is 5.82 Å². The van der Waals surface area contributed by atoms with Crippen molar-refractivity contribution in [2.45, 2.75) is 25.4 Å². The lowest BCUT2D eigenvalue weighted by Crippen LogP contribution is -2.47. The lowest BCUT2D eigenvalue weighted by atomic mass is 10.2. The van der Waals surface area contributed by atoms with Crippen molar-refractivity contribution in [2.75, 3.05) is 64.4 Å². The largest absolute Gasteiger partial charge is 0.376 e. The second-order valence-electron chi connectivity index (χ2n) is 7.15. The molecule has 0 saturated carbocycles. The normalized spacial score (nSPS) is 20.7. The van der Waals surface area contributed by atoms with Crippen LogP contribution in [0.1, 0.15) is 19.3 Å². The van der Waals surface area contributed by atoms with E-state index < -0.39 is 0 Å². The van der Waals surface area contributed by atoms with Gasteiger partial charge in [-0.3, -0.25) is 9.89 Å². The maximum Gasteiger partial charge on any atom is 0.191 e. The maximum atomic E-state index is 13.9. The van der Waals surface area contributed by atoms with Crippen LogP contribution in [0.4, 0.5) is 10.1 Å². The third kappa shape index (κ3) is 7.04. The lowest BCUT2D eigenvalue weighted by Gasteiger charge is -2.36. The molecule has 0 amide bonds. The predicted octanol–water partition coefficient (Wildman–Crippen LogP) is 2.30. The number of halogens is 2. The molecule has 0 spiro atoms. The van der Waals surface area contributed by atoms with Gasteiger partial charge < -0.3 is 20.3 Å². The van der Waals surface area contributed by atoms with Crippen molar-refractivity contribution in [1.82, 2.24) is 15.5 Å². The fourth-order valence-corrected chi connectivity index (χ4v) is 3.67. The summed E-state index contributed by atoms with van der Waals surface area (Å²) in [6, 6.07) is 7.04. The molecule has 1 aromatic rings. The summed E-state index contributed by atoms with van der Waals surface area (Å²) in [7, 11) is 1.80. The molecule has 3 rings (SSSR count). The number of piperazine rings is 1. The second-order valence-corrected chi connectivity index (χ2v) is 7.15. The minimum absolute atomic E-state index is 0. The fourth-order valence-electron chi connectivity index (χ4n) is 3.67. The molecule has 28 heavy (non-hydrogen) atoms. The number of nitrogens with one attached hydrogen (secondary N) is 2. The van der Waals surface area contributed by atoms with Gasteiger partial charge in [0.2, 0.25) is 0 Å². The lowest BCUT2D eigenvalue weighted by molar-refractivity contribution is 0.114. The van der Waals surface area contributed by atoms with Gasteiger partial charge in [0, 0.05) is 52.9 Å². The van der Waals surface area contributed by atoms with Crippen molar-refractivity contribution in [3.63, 3.8) is 0 Å². The second kappa shape index (κ2) is 12.4. The van der Waals surface area contributed by atoms with Crippen molar-refractivity contribution < 1.29 is 9.13 Å². The Balaban J connectivity index is 0.00000280. The molecule has 2 aliphatic rings. The van der Waals surface area contributed by atoms with E-state index in [1.165, 1.54) is 6.07 Å². The quantitative estimate of drug-likeness (QED) is 0.258. The van der Waals surface area contributed by atoms with Crippen molar-refractivity contribution in [3.05, 3.63) is 30.1 Å². The van der Waals surface area contributed by atoms with Gasteiger partial charge in [-0.15, -0.1) is 24.0 Å². The van der Waals surface area contributed by atoms with E-state index in [1.807, 2.05) is 12.1 Å². The van der Waals surface area contributed by atoms with Crippen LogP contribution in [0.15, 0.2) is 29.3 Å². The zero-order chi connectivity index (χ0) is 18.9. The minimum Gasteiger partial charge on any atom is -0.376 e.